The van der Waals surface area contributed by atoms with E-state index < -0.39 is 0 Å². The van der Waals surface area contributed by atoms with Gasteiger partial charge in [0.05, 0.1) is 22.8 Å². The molecule has 0 spiro atoms. The van der Waals surface area contributed by atoms with E-state index in [0.717, 1.165) is 133 Å². The first kappa shape index (κ1) is 42.0. The van der Waals surface area contributed by atoms with Crippen molar-refractivity contribution in [2.45, 2.75) is 0 Å². The quantitative estimate of drug-likeness (QED) is 0.130. The predicted molar refractivity (Wildman–Crippen MR) is 273 cm³/mol. The van der Waals surface area contributed by atoms with Crippen LogP contribution >= 0.6 is 0 Å². The number of aromatic nitrogens is 8. The van der Waals surface area contributed by atoms with Gasteiger partial charge in [-0.15, -0.1) is 22.1 Å². The number of benzene rings is 4. The number of aryl methyl sites for hydroxylation is 4. The summed E-state index contributed by atoms with van der Waals surface area (Å²) >= 11 is 0. The smallest absolute Gasteiger partial charge is 0.657 e. The average molecular weight is 941 g/mol. The van der Waals surface area contributed by atoms with Crippen molar-refractivity contribution in [1.82, 2.24) is 19.9 Å². The Morgan fingerprint density at radius 3 is 0.986 bits per heavy atom. The fourth-order valence-corrected chi connectivity index (χ4v) is 10.3. The van der Waals surface area contributed by atoms with E-state index >= 15 is 0 Å². The summed E-state index contributed by atoms with van der Waals surface area (Å²) in [5, 5.41) is 4.56. The second kappa shape index (κ2) is 16.5. The molecule has 8 nitrogen and oxygen atoms in total. The van der Waals surface area contributed by atoms with E-state index in [1.807, 2.05) is 0 Å². The molecule has 0 saturated heterocycles. The van der Waals surface area contributed by atoms with E-state index in [1.54, 1.807) is 0 Å². The van der Waals surface area contributed by atoms with E-state index in [0.29, 0.717) is 0 Å². The molecule has 8 bridgehead atoms. The standard InChI is InChI=1S/C60H44N8.Cu/c1-65-29-6-10-38-33-41(15-26-53(38)65)57-45-18-20-47(61-45)58(42-16-27-54-39(34-42)11-7-30-66(54)2)49-22-24-51(63-49)60(44-14-13-37-9-5-32-68(4)56(37)36-44)52-25-23-50(64-52)59(48-21-19-46(57)62-48)43-17-28-55-40(35-43)12-8-31-67(55)3;/h5-36H,1-4H3;/q2*+2. The van der Waals surface area contributed by atoms with Crippen molar-refractivity contribution in [1.29, 1.82) is 0 Å². The second-order valence-electron chi connectivity index (χ2n) is 17.9. The first-order valence-electron chi connectivity index (χ1n) is 22.9. The fraction of sp³-hybridized carbons (Fsp3) is 0.0667. The van der Waals surface area contributed by atoms with Crippen LogP contribution in [-0.4, -0.2) is 9.97 Å². The van der Waals surface area contributed by atoms with E-state index in [2.05, 4.69) is 241 Å². The Morgan fingerprint density at radius 2 is 0.623 bits per heavy atom. The number of hydrogen-bond donors (Lipinski definition) is 0. The number of rotatable bonds is 4. The summed E-state index contributed by atoms with van der Waals surface area (Å²) < 4.78 is 8.63. The van der Waals surface area contributed by atoms with Gasteiger partial charge in [0.2, 0.25) is 22.1 Å². The van der Waals surface area contributed by atoms with Gasteiger partial charge in [0.25, 0.3) is 0 Å². The van der Waals surface area contributed by atoms with Gasteiger partial charge in [-0.05, 0) is 136 Å². The first-order chi connectivity index (χ1) is 33.3. The van der Waals surface area contributed by atoms with Crippen LogP contribution in [0.15, 0.2) is 170 Å². The minimum Gasteiger partial charge on any atom is -0.657 e. The van der Waals surface area contributed by atoms with Crippen LogP contribution in [-0.2, 0) is 45.3 Å². The molecule has 2 aliphatic heterocycles. The number of hydrogen-bond acceptors (Lipinski definition) is 2. The second-order valence-corrected chi connectivity index (χ2v) is 17.9. The van der Waals surface area contributed by atoms with Crippen LogP contribution < -0.4 is 28.2 Å². The van der Waals surface area contributed by atoms with Gasteiger partial charge in [-0.25, -0.2) is 28.2 Å². The molecular formula is C60H44CuN8+4. The van der Waals surface area contributed by atoms with E-state index in [4.69, 9.17) is 19.9 Å². The molecule has 0 fully saturated rings. The van der Waals surface area contributed by atoms with Crippen LogP contribution in [0.1, 0.15) is 22.8 Å². The molecular weight excluding hydrogens is 896 g/mol. The van der Waals surface area contributed by atoms with E-state index in [1.165, 1.54) is 0 Å². The van der Waals surface area contributed by atoms with Gasteiger partial charge >= 0.3 is 17.1 Å². The van der Waals surface area contributed by atoms with Gasteiger partial charge in [0, 0.05) is 70.1 Å². The van der Waals surface area contributed by atoms with Crippen molar-refractivity contribution in [2.24, 2.45) is 28.2 Å². The Morgan fingerprint density at radius 1 is 0.319 bits per heavy atom. The third-order valence-corrected chi connectivity index (χ3v) is 13.7. The maximum atomic E-state index is 5.58. The zero-order valence-electron chi connectivity index (χ0n) is 38.4. The van der Waals surface area contributed by atoms with E-state index in [-0.39, 0.29) is 17.1 Å². The zero-order valence-corrected chi connectivity index (χ0v) is 39.3. The molecule has 0 unspecified atom stereocenters. The Labute approximate surface area is 409 Å². The molecule has 4 aromatic carbocycles. The zero-order chi connectivity index (χ0) is 45.6. The minimum absolute atomic E-state index is 0. The third-order valence-electron chi connectivity index (χ3n) is 13.7. The molecule has 0 saturated carbocycles. The van der Waals surface area contributed by atoms with Crippen LogP contribution in [0.2, 0.25) is 0 Å². The van der Waals surface area contributed by atoms with Crippen molar-refractivity contribution in [3.63, 3.8) is 0 Å². The summed E-state index contributed by atoms with van der Waals surface area (Å²) in [6, 6.07) is 52.2. The molecule has 69 heavy (non-hydrogen) atoms. The summed E-state index contributed by atoms with van der Waals surface area (Å²) in [7, 11) is 8.34. The summed E-state index contributed by atoms with van der Waals surface area (Å²) in [4.78, 5) is 22.3. The first-order valence-corrected chi connectivity index (χ1v) is 22.9. The van der Waals surface area contributed by atoms with Crippen molar-refractivity contribution < 1.29 is 35.3 Å². The van der Waals surface area contributed by atoms with Gasteiger partial charge in [-0.2, -0.15) is 0 Å². The predicted octanol–water partition coefficient (Wildman–Crippen LogP) is 10.5. The van der Waals surface area contributed by atoms with Gasteiger partial charge in [-0.1, -0.05) is 30.3 Å². The molecule has 9 heteroatoms. The van der Waals surface area contributed by atoms with Crippen LogP contribution in [0.4, 0.5) is 0 Å². The maximum Gasteiger partial charge on any atom is 2.00 e. The molecule has 331 valence electrons. The van der Waals surface area contributed by atoms with Gasteiger partial charge in [0.15, 0.2) is 24.8 Å². The van der Waals surface area contributed by atoms with Crippen LogP contribution in [0.5, 0.6) is 0 Å². The summed E-state index contributed by atoms with van der Waals surface area (Å²) in [6.07, 6.45) is 16.9. The van der Waals surface area contributed by atoms with Gasteiger partial charge in [0.1, 0.15) is 28.2 Å². The Kier molecular flexibility index (Phi) is 10.0. The Bertz CT molecular complexity index is 4130. The van der Waals surface area contributed by atoms with Crippen molar-refractivity contribution >= 4 is 90.0 Å². The van der Waals surface area contributed by atoms with Crippen molar-refractivity contribution in [3.05, 3.63) is 193 Å². The summed E-state index contributed by atoms with van der Waals surface area (Å²) in [6.45, 7) is 0. The monoisotopic (exact) mass is 939 g/mol. The molecule has 0 atom stereocenters. The van der Waals surface area contributed by atoms with Gasteiger partial charge in [-0.3, -0.25) is 0 Å². The SMILES string of the molecule is C[n+]1cccc2cc(-c3c4nc(c(-c5ccc6c(ccc[n+]6C)c5)c5ccc([n-]5)c(-c5ccc6ccc[n+](C)c6c5)c5nc(c(-c6ccc7c(ccc[n+]7C)c6)c6ccc3[n-]6)C=C5)C=C4)ccc21.[Cu+2]. The van der Waals surface area contributed by atoms with E-state index in [9.17, 15) is 0 Å². The van der Waals surface area contributed by atoms with Crippen LogP contribution in [0.3, 0.4) is 0 Å². The largest absolute Gasteiger partial charge is 2.00 e. The molecule has 0 aliphatic carbocycles. The molecule has 0 amide bonds. The topological polar surface area (TPSA) is 69.5 Å². The average Bonchev–Trinajstić information content (AvgIpc) is 4.21. The Balaban J connectivity index is 0.00000492. The fourth-order valence-electron chi connectivity index (χ4n) is 10.3. The molecule has 1 radical (unpaired) electrons. The van der Waals surface area contributed by atoms with Crippen molar-refractivity contribution in [3.8, 4) is 44.5 Å². The van der Waals surface area contributed by atoms with Crippen LogP contribution in [0.25, 0.3) is 134 Å². The molecule has 11 aromatic rings. The van der Waals surface area contributed by atoms with Crippen molar-refractivity contribution in [2.75, 3.05) is 0 Å². The molecule has 13 rings (SSSR count). The Hall–Kier alpha value is -8.36. The summed E-state index contributed by atoms with van der Waals surface area (Å²) in [5.74, 6) is 0. The number of fused-ring (bicyclic) bond motifs is 12. The normalized spacial score (nSPS) is 12.1. The molecule has 7 aromatic heterocycles. The van der Waals surface area contributed by atoms with Gasteiger partial charge < -0.3 is 9.97 Å². The summed E-state index contributed by atoms with van der Waals surface area (Å²) in [5.41, 5.74) is 19.1. The maximum absolute atomic E-state index is 5.58. The minimum atomic E-state index is 0. The number of pyridine rings is 4. The molecule has 0 N–H and O–H groups in total. The molecule has 9 heterocycles. The third kappa shape index (κ3) is 7.05. The molecule has 2 aliphatic rings. The van der Waals surface area contributed by atoms with Crippen LogP contribution in [0, 0.1) is 0 Å². The number of nitrogens with zero attached hydrogens (tertiary/aromatic N) is 8.